The number of methoxy groups -OCH3 is 1. The maximum atomic E-state index is 11.4. The number of aliphatic carboxylic acids is 1. The first-order valence-electron chi connectivity index (χ1n) is 7.06. The van der Waals surface area contributed by atoms with Gasteiger partial charge in [-0.1, -0.05) is 0 Å². The topological polar surface area (TPSA) is 65.0 Å². The summed E-state index contributed by atoms with van der Waals surface area (Å²) in [6, 6.07) is 0. The molecule has 0 aromatic rings. The molecule has 2 aliphatic carbocycles. The molecule has 19 heavy (non-hydrogen) atoms. The molecule has 2 saturated carbocycles. The molecule has 0 radical (unpaired) electrons. The Labute approximate surface area is 114 Å². The van der Waals surface area contributed by atoms with Crippen LogP contribution in [0.2, 0.25) is 0 Å². The van der Waals surface area contributed by atoms with Gasteiger partial charge in [0.25, 0.3) is 0 Å². The maximum Gasteiger partial charge on any atom is 0.309 e. The second-order valence-electron chi connectivity index (χ2n) is 5.72. The molecule has 0 bridgehead atoms. The zero-order valence-electron chi connectivity index (χ0n) is 11.6. The minimum Gasteiger partial charge on any atom is -0.481 e. The number of carboxylic acids is 1. The second kappa shape index (κ2) is 6.68. The third kappa shape index (κ3) is 3.91. The van der Waals surface area contributed by atoms with Crippen molar-refractivity contribution < 1.29 is 24.1 Å². The van der Waals surface area contributed by atoms with Crippen LogP contribution in [-0.2, 0) is 19.0 Å². The van der Waals surface area contributed by atoms with E-state index in [9.17, 15) is 9.90 Å². The van der Waals surface area contributed by atoms with Crippen LogP contribution in [0.1, 0.15) is 25.7 Å². The van der Waals surface area contributed by atoms with Gasteiger partial charge in [0.1, 0.15) is 0 Å². The van der Waals surface area contributed by atoms with Crippen molar-refractivity contribution in [3.8, 4) is 0 Å². The Bertz CT molecular complexity index is 294. The minimum absolute atomic E-state index is 0.509. The standard InChI is InChI=1S/C14H24O5/c1-17-4-5-19-7-6-18-3-2-14(13(15)16)9-11-8-12(11)10-14/h11-12H,2-10H2,1H3,(H,15,16). The molecular weight excluding hydrogens is 248 g/mol. The Morgan fingerprint density at radius 3 is 2.26 bits per heavy atom. The first-order chi connectivity index (χ1) is 9.18. The number of carbonyl (C=O) groups is 1. The van der Waals surface area contributed by atoms with Crippen molar-refractivity contribution in [1.29, 1.82) is 0 Å². The molecule has 2 rings (SSSR count). The van der Waals surface area contributed by atoms with Crippen molar-refractivity contribution in [2.75, 3.05) is 40.1 Å². The third-order valence-electron chi connectivity index (χ3n) is 4.36. The number of rotatable bonds is 10. The third-order valence-corrected chi connectivity index (χ3v) is 4.36. The van der Waals surface area contributed by atoms with Crippen LogP contribution in [0, 0.1) is 17.3 Å². The van der Waals surface area contributed by atoms with Gasteiger partial charge in [-0.15, -0.1) is 0 Å². The van der Waals surface area contributed by atoms with Crippen LogP contribution in [0.4, 0.5) is 0 Å². The first-order valence-corrected chi connectivity index (χ1v) is 7.06. The van der Waals surface area contributed by atoms with Gasteiger partial charge in [0.2, 0.25) is 0 Å². The van der Waals surface area contributed by atoms with E-state index in [1.807, 2.05) is 0 Å². The summed E-state index contributed by atoms with van der Waals surface area (Å²) >= 11 is 0. The number of ether oxygens (including phenoxy) is 3. The van der Waals surface area contributed by atoms with E-state index in [-0.39, 0.29) is 0 Å². The van der Waals surface area contributed by atoms with E-state index < -0.39 is 11.4 Å². The van der Waals surface area contributed by atoms with Crippen LogP contribution in [-0.4, -0.2) is 51.2 Å². The van der Waals surface area contributed by atoms with E-state index in [1.165, 1.54) is 6.42 Å². The Morgan fingerprint density at radius 1 is 1.11 bits per heavy atom. The van der Waals surface area contributed by atoms with Gasteiger partial charge in [0.05, 0.1) is 31.8 Å². The minimum atomic E-state index is -0.639. The lowest BCUT2D eigenvalue weighted by molar-refractivity contribution is -0.150. The molecule has 2 atom stereocenters. The largest absolute Gasteiger partial charge is 0.481 e. The summed E-state index contributed by atoms with van der Waals surface area (Å²) in [7, 11) is 1.64. The van der Waals surface area contributed by atoms with Crippen LogP contribution in [0.3, 0.4) is 0 Å². The normalized spacial score (nSPS) is 32.3. The van der Waals surface area contributed by atoms with Gasteiger partial charge in [0, 0.05) is 13.7 Å². The van der Waals surface area contributed by atoms with Crippen molar-refractivity contribution in [3.63, 3.8) is 0 Å². The SMILES string of the molecule is COCCOCCOCCC1(C(=O)O)CC2CC2C1. The molecular formula is C14H24O5. The van der Waals surface area contributed by atoms with Crippen molar-refractivity contribution in [1.82, 2.24) is 0 Å². The number of carboxylic acid groups (broad SMARTS) is 1. The van der Waals surface area contributed by atoms with Gasteiger partial charge < -0.3 is 19.3 Å². The molecule has 2 aliphatic rings. The quantitative estimate of drug-likeness (QED) is 0.611. The zero-order chi connectivity index (χ0) is 13.7. The predicted molar refractivity (Wildman–Crippen MR) is 69.0 cm³/mol. The average Bonchev–Trinajstić information content (AvgIpc) is 3.00. The summed E-state index contributed by atoms with van der Waals surface area (Å²) < 4.78 is 15.6. The average molecular weight is 272 g/mol. The molecule has 110 valence electrons. The van der Waals surface area contributed by atoms with Gasteiger partial charge in [-0.3, -0.25) is 4.79 Å². The number of hydrogen-bond donors (Lipinski definition) is 1. The fraction of sp³-hybridized carbons (Fsp3) is 0.929. The van der Waals surface area contributed by atoms with E-state index in [0.29, 0.717) is 51.3 Å². The molecule has 0 spiro atoms. The Hall–Kier alpha value is -0.650. The molecule has 0 aromatic carbocycles. The summed E-state index contributed by atoms with van der Waals surface area (Å²) in [4.78, 5) is 11.4. The smallest absolute Gasteiger partial charge is 0.309 e. The Morgan fingerprint density at radius 2 is 1.68 bits per heavy atom. The Balaban J connectivity index is 1.55. The van der Waals surface area contributed by atoms with Crippen molar-refractivity contribution in [2.45, 2.75) is 25.7 Å². The molecule has 0 aliphatic heterocycles. The molecule has 5 heteroatoms. The maximum absolute atomic E-state index is 11.4. The van der Waals surface area contributed by atoms with Gasteiger partial charge >= 0.3 is 5.97 Å². The molecule has 2 unspecified atom stereocenters. The molecule has 0 amide bonds. The van der Waals surface area contributed by atoms with Gasteiger partial charge in [-0.05, 0) is 37.5 Å². The van der Waals surface area contributed by atoms with Crippen molar-refractivity contribution >= 4 is 5.97 Å². The molecule has 0 heterocycles. The molecule has 2 fully saturated rings. The fourth-order valence-corrected chi connectivity index (χ4v) is 3.11. The van der Waals surface area contributed by atoms with Gasteiger partial charge in [0.15, 0.2) is 0 Å². The van der Waals surface area contributed by atoms with E-state index >= 15 is 0 Å². The highest BCUT2D eigenvalue weighted by Gasteiger charge is 2.57. The predicted octanol–water partition coefficient (Wildman–Crippen LogP) is 1.56. The lowest BCUT2D eigenvalue weighted by Crippen LogP contribution is -2.31. The van der Waals surface area contributed by atoms with Crippen LogP contribution in [0.25, 0.3) is 0 Å². The summed E-state index contributed by atoms with van der Waals surface area (Å²) in [5.74, 6) is 0.710. The van der Waals surface area contributed by atoms with Crippen LogP contribution < -0.4 is 0 Å². The monoisotopic (exact) mass is 272 g/mol. The second-order valence-corrected chi connectivity index (χ2v) is 5.72. The molecule has 0 saturated heterocycles. The Kier molecular flexibility index (Phi) is 5.19. The highest BCUT2D eigenvalue weighted by Crippen LogP contribution is 2.61. The fourth-order valence-electron chi connectivity index (χ4n) is 3.11. The van der Waals surface area contributed by atoms with E-state index in [2.05, 4.69) is 0 Å². The molecule has 1 N–H and O–H groups in total. The van der Waals surface area contributed by atoms with E-state index in [1.54, 1.807) is 7.11 Å². The van der Waals surface area contributed by atoms with E-state index in [0.717, 1.165) is 12.8 Å². The van der Waals surface area contributed by atoms with Crippen LogP contribution in [0.15, 0.2) is 0 Å². The number of hydrogen-bond acceptors (Lipinski definition) is 4. The van der Waals surface area contributed by atoms with Gasteiger partial charge in [-0.2, -0.15) is 0 Å². The zero-order valence-corrected chi connectivity index (χ0v) is 11.6. The lowest BCUT2D eigenvalue weighted by atomic mass is 9.80. The van der Waals surface area contributed by atoms with Crippen molar-refractivity contribution in [3.05, 3.63) is 0 Å². The highest BCUT2D eigenvalue weighted by atomic mass is 16.5. The summed E-state index contributed by atoms with van der Waals surface area (Å²) in [5, 5.41) is 9.41. The summed E-state index contributed by atoms with van der Waals surface area (Å²) in [6.07, 6.45) is 3.57. The van der Waals surface area contributed by atoms with Crippen LogP contribution in [0.5, 0.6) is 0 Å². The summed E-state index contributed by atoms with van der Waals surface area (Å²) in [5.41, 5.74) is -0.509. The molecule has 0 aromatic heterocycles. The summed E-state index contributed by atoms with van der Waals surface area (Å²) in [6.45, 7) is 2.73. The van der Waals surface area contributed by atoms with Gasteiger partial charge in [-0.25, -0.2) is 0 Å². The molecule has 5 nitrogen and oxygen atoms in total. The first kappa shape index (κ1) is 14.8. The highest BCUT2D eigenvalue weighted by molar-refractivity contribution is 5.75. The van der Waals surface area contributed by atoms with Crippen molar-refractivity contribution in [2.24, 2.45) is 17.3 Å². The lowest BCUT2D eigenvalue weighted by Gasteiger charge is -2.25. The van der Waals surface area contributed by atoms with E-state index in [4.69, 9.17) is 14.2 Å². The number of fused-ring (bicyclic) bond motifs is 1. The van der Waals surface area contributed by atoms with Crippen LogP contribution >= 0.6 is 0 Å².